The molecule has 2 amide bonds. The quantitative estimate of drug-likeness (QED) is 0.652. The third kappa shape index (κ3) is 2.47. The second-order valence-electron chi connectivity index (χ2n) is 4.65. The largest absolute Gasteiger partial charge is 0.480 e. The molecule has 0 bridgehead atoms. The second kappa shape index (κ2) is 5.69. The van der Waals surface area contributed by atoms with Gasteiger partial charge in [-0.25, -0.2) is 4.79 Å². The van der Waals surface area contributed by atoms with Gasteiger partial charge in [0.05, 0.1) is 5.92 Å². The van der Waals surface area contributed by atoms with Crippen molar-refractivity contribution >= 4 is 17.8 Å². The van der Waals surface area contributed by atoms with E-state index in [1.165, 1.54) is 6.08 Å². The zero-order valence-corrected chi connectivity index (χ0v) is 10.9. The molecule has 0 radical (unpaired) electrons. The number of hydrogen-bond acceptors (Lipinski definition) is 3. The van der Waals surface area contributed by atoms with Crippen molar-refractivity contribution in [3.05, 3.63) is 48.6 Å². The van der Waals surface area contributed by atoms with Crippen molar-refractivity contribution in [1.29, 1.82) is 0 Å². The van der Waals surface area contributed by atoms with Crippen LogP contribution in [0.5, 0.6) is 0 Å². The molecule has 2 unspecified atom stereocenters. The van der Waals surface area contributed by atoms with E-state index in [9.17, 15) is 14.4 Å². The Morgan fingerprint density at radius 2 is 2.05 bits per heavy atom. The summed E-state index contributed by atoms with van der Waals surface area (Å²) in [6, 6.07) is 7.76. The smallest absolute Gasteiger partial charge is 0.327 e. The van der Waals surface area contributed by atoms with Gasteiger partial charge in [-0.05, 0) is 12.0 Å². The highest BCUT2D eigenvalue weighted by molar-refractivity contribution is 6.08. The zero-order chi connectivity index (χ0) is 14.7. The number of hydrogen-bond donors (Lipinski definition) is 1. The van der Waals surface area contributed by atoms with Gasteiger partial charge >= 0.3 is 5.97 Å². The van der Waals surface area contributed by atoms with Crippen LogP contribution in [0, 0.1) is 0 Å². The van der Waals surface area contributed by atoms with Gasteiger partial charge in [-0.3, -0.25) is 14.5 Å². The first kappa shape index (κ1) is 14.0. The van der Waals surface area contributed by atoms with Crippen molar-refractivity contribution in [2.45, 2.75) is 24.8 Å². The number of aliphatic carboxylic acids is 1. The van der Waals surface area contributed by atoms with Crippen LogP contribution in [0.25, 0.3) is 0 Å². The molecule has 0 aromatic heterocycles. The van der Waals surface area contributed by atoms with Crippen molar-refractivity contribution in [2.75, 3.05) is 0 Å². The summed E-state index contributed by atoms with van der Waals surface area (Å²) in [7, 11) is 0. The summed E-state index contributed by atoms with van der Waals surface area (Å²) in [5, 5.41) is 9.16. The highest BCUT2D eigenvalue weighted by atomic mass is 16.4. The minimum Gasteiger partial charge on any atom is -0.480 e. The van der Waals surface area contributed by atoms with Gasteiger partial charge < -0.3 is 5.11 Å². The van der Waals surface area contributed by atoms with Crippen molar-refractivity contribution in [1.82, 2.24) is 4.90 Å². The van der Waals surface area contributed by atoms with E-state index in [2.05, 4.69) is 6.58 Å². The van der Waals surface area contributed by atoms with Gasteiger partial charge in [0.1, 0.15) is 6.04 Å². The Morgan fingerprint density at radius 3 is 2.60 bits per heavy atom. The molecular weight excluding hydrogens is 258 g/mol. The third-order valence-corrected chi connectivity index (χ3v) is 3.37. The molecule has 5 nitrogen and oxygen atoms in total. The standard InChI is InChI=1S/C15H15NO4/c1-2-6-12(15(19)20)16-13(17)9-11(14(16)18)10-7-4-3-5-8-10/h2-5,7-8,11-12H,1,6,9H2,(H,19,20). The van der Waals surface area contributed by atoms with Crippen LogP contribution < -0.4 is 0 Å². The summed E-state index contributed by atoms with van der Waals surface area (Å²) >= 11 is 0. The molecule has 20 heavy (non-hydrogen) atoms. The topological polar surface area (TPSA) is 74.7 Å². The fourth-order valence-corrected chi connectivity index (χ4v) is 2.40. The Bertz CT molecular complexity index is 552. The summed E-state index contributed by atoms with van der Waals surface area (Å²) < 4.78 is 0. The van der Waals surface area contributed by atoms with E-state index in [1.807, 2.05) is 6.07 Å². The molecule has 1 heterocycles. The highest BCUT2D eigenvalue weighted by Gasteiger charge is 2.44. The van der Waals surface area contributed by atoms with Crippen LogP contribution in [0.1, 0.15) is 24.3 Å². The summed E-state index contributed by atoms with van der Waals surface area (Å²) in [6.07, 6.45) is 1.47. The molecule has 0 aliphatic carbocycles. The summed E-state index contributed by atoms with van der Waals surface area (Å²) in [6.45, 7) is 3.47. The van der Waals surface area contributed by atoms with Crippen LogP contribution in [-0.2, 0) is 14.4 Å². The lowest BCUT2D eigenvalue weighted by molar-refractivity contribution is -0.154. The molecule has 1 fully saturated rings. The van der Waals surface area contributed by atoms with Crippen molar-refractivity contribution in [3.63, 3.8) is 0 Å². The number of benzene rings is 1. The monoisotopic (exact) mass is 273 g/mol. The van der Waals surface area contributed by atoms with Crippen molar-refractivity contribution in [2.24, 2.45) is 0 Å². The molecule has 1 aromatic carbocycles. The minimum absolute atomic E-state index is 0.0176. The fourth-order valence-electron chi connectivity index (χ4n) is 2.40. The molecule has 1 aliphatic rings. The van der Waals surface area contributed by atoms with E-state index >= 15 is 0 Å². The molecule has 2 rings (SSSR count). The molecule has 5 heteroatoms. The van der Waals surface area contributed by atoms with Gasteiger partial charge in [0.25, 0.3) is 0 Å². The molecule has 0 spiro atoms. The number of nitrogens with zero attached hydrogens (tertiary/aromatic N) is 1. The molecule has 2 atom stereocenters. The van der Waals surface area contributed by atoms with Crippen LogP contribution in [0.15, 0.2) is 43.0 Å². The maximum Gasteiger partial charge on any atom is 0.327 e. The lowest BCUT2D eigenvalue weighted by atomic mass is 9.98. The SMILES string of the molecule is C=CCC(C(=O)O)N1C(=O)CC(c2ccccc2)C1=O. The molecule has 1 aromatic rings. The minimum atomic E-state index is -1.19. The van der Waals surface area contributed by atoms with Gasteiger partial charge in [-0.15, -0.1) is 6.58 Å². The van der Waals surface area contributed by atoms with E-state index in [0.29, 0.717) is 0 Å². The number of imide groups is 1. The number of amides is 2. The van der Waals surface area contributed by atoms with E-state index in [1.54, 1.807) is 24.3 Å². The summed E-state index contributed by atoms with van der Waals surface area (Å²) in [5.74, 6) is -2.68. The van der Waals surface area contributed by atoms with Gasteiger partial charge in [0, 0.05) is 6.42 Å². The Kier molecular flexibility index (Phi) is 3.98. The Morgan fingerprint density at radius 1 is 1.40 bits per heavy atom. The predicted octanol–water partition coefficient (Wildman–Crippen LogP) is 1.56. The van der Waals surface area contributed by atoms with Crippen LogP contribution >= 0.6 is 0 Å². The fraction of sp³-hybridized carbons (Fsp3) is 0.267. The number of carbonyl (C=O) groups excluding carboxylic acids is 2. The van der Waals surface area contributed by atoms with E-state index < -0.39 is 29.7 Å². The van der Waals surface area contributed by atoms with E-state index in [0.717, 1.165) is 10.5 Å². The molecule has 1 N–H and O–H groups in total. The first-order valence-electron chi connectivity index (χ1n) is 6.30. The first-order chi connectivity index (χ1) is 9.56. The molecule has 104 valence electrons. The summed E-state index contributed by atoms with van der Waals surface area (Å²) in [5.41, 5.74) is 0.732. The van der Waals surface area contributed by atoms with E-state index in [-0.39, 0.29) is 12.8 Å². The van der Waals surface area contributed by atoms with Crippen molar-refractivity contribution in [3.8, 4) is 0 Å². The highest BCUT2D eigenvalue weighted by Crippen LogP contribution is 2.31. The van der Waals surface area contributed by atoms with Crippen LogP contribution in [-0.4, -0.2) is 33.8 Å². The number of carboxylic acids is 1. The van der Waals surface area contributed by atoms with Crippen LogP contribution in [0.4, 0.5) is 0 Å². The number of carbonyl (C=O) groups is 3. The average Bonchev–Trinajstić information content (AvgIpc) is 2.72. The first-order valence-corrected chi connectivity index (χ1v) is 6.30. The maximum absolute atomic E-state index is 12.3. The molecular formula is C15H15NO4. The lowest BCUT2D eigenvalue weighted by Gasteiger charge is -2.21. The maximum atomic E-state index is 12.3. The second-order valence-corrected chi connectivity index (χ2v) is 4.65. The molecule has 0 saturated carbocycles. The van der Waals surface area contributed by atoms with E-state index in [4.69, 9.17) is 5.11 Å². The molecule has 1 aliphatic heterocycles. The van der Waals surface area contributed by atoms with Crippen LogP contribution in [0.2, 0.25) is 0 Å². The Balaban J connectivity index is 2.29. The van der Waals surface area contributed by atoms with Crippen molar-refractivity contribution < 1.29 is 19.5 Å². The third-order valence-electron chi connectivity index (χ3n) is 3.37. The lowest BCUT2D eigenvalue weighted by Crippen LogP contribution is -2.44. The Labute approximate surface area is 116 Å². The number of rotatable bonds is 5. The predicted molar refractivity (Wildman–Crippen MR) is 71.9 cm³/mol. The summed E-state index contributed by atoms with van der Waals surface area (Å²) in [4.78, 5) is 36.4. The molecule has 1 saturated heterocycles. The normalized spacial score (nSPS) is 20.0. The Hall–Kier alpha value is -2.43. The van der Waals surface area contributed by atoms with Gasteiger partial charge in [-0.1, -0.05) is 36.4 Å². The van der Waals surface area contributed by atoms with Crippen LogP contribution in [0.3, 0.4) is 0 Å². The zero-order valence-electron chi connectivity index (χ0n) is 10.9. The van der Waals surface area contributed by atoms with Gasteiger partial charge in [0.2, 0.25) is 11.8 Å². The average molecular weight is 273 g/mol. The van der Waals surface area contributed by atoms with Gasteiger partial charge in [-0.2, -0.15) is 0 Å². The number of likely N-dealkylation sites (tertiary alicyclic amines) is 1. The number of carboxylic acid groups (broad SMARTS) is 1. The van der Waals surface area contributed by atoms with Gasteiger partial charge in [0.15, 0.2) is 0 Å².